The molecule has 0 aliphatic carbocycles. The number of methoxy groups -OCH3 is 1. The summed E-state index contributed by atoms with van der Waals surface area (Å²) in [5.74, 6) is 0.750. The van der Waals surface area contributed by atoms with E-state index in [-0.39, 0.29) is 11.7 Å². The Kier molecular flexibility index (Phi) is 7.24. The van der Waals surface area contributed by atoms with Crippen LogP contribution >= 0.6 is 27.7 Å². The highest BCUT2D eigenvalue weighted by molar-refractivity contribution is 9.10. The van der Waals surface area contributed by atoms with Crippen molar-refractivity contribution in [1.29, 1.82) is 0 Å². The summed E-state index contributed by atoms with van der Waals surface area (Å²) in [7, 11) is 1.61. The van der Waals surface area contributed by atoms with Gasteiger partial charge in [-0.2, -0.15) is 5.10 Å². The summed E-state index contributed by atoms with van der Waals surface area (Å²) in [5, 5.41) is 4.86. The van der Waals surface area contributed by atoms with Gasteiger partial charge in [0.15, 0.2) is 5.16 Å². The topological polar surface area (TPSA) is 68.5 Å². The van der Waals surface area contributed by atoms with Gasteiger partial charge in [0, 0.05) is 0 Å². The molecule has 4 aromatic rings. The van der Waals surface area contributed by atoms with E-state index in [1.54, 1.807) is 13.3 Å². The molecule has 0 spiro atoms. The highest BCUT2D eigenvalue weighted by atomic mass is 79.9. The molecular weight excluding hydrogens is 488 g/mol. The first kappa shape index (κ1) is 22.1. The monoisotopic (exact) mass is 508 g/mol. The molecule has 0 aliphatic rings. The maximum absolute atomic E-state index is 12.3. The average molecular weight is 509 g/mol. The van der Waals surface area contributed by atoms with Crippen LogP contribution in [0.1, 0.15) is 11.1 Å². The van der Waals surface area contributed by atoms with Crippen molar-refractivity contribution in [3.05, 3.63) is 88.4 Å². The molecule has 0 aliphatic heterocycles. The van der Waals surface area contributed by atoms with Crippen LogP contribution in [0.3, 0.4) is 0 Å². The number of hydrogen-bond donors (Lipinski definition) is 1. The van der Waals surface area contributed by atoms with E-state index in [0.29, 0.717) is 6.54 Å². The molecule has 1 aromatic heterocycles. The van der Waals surface area contributed by atoms with Crippen molar-refractivity contribution in [3.8, 4) is 5.75 Å². The summed E-state index contributed by atoms with van der Waals surface area (Å²) >= 11 is 4.83. The number of nitrogens with one attached hydrogen (secondary N) is 1. The number of carbonyl (C=O) groups is 1. The van der Waals surface area contributed by atoms with Crippen molar-refractivity contribution >= 4 is 50.8 Å². The highest BCUT2D eigenvalue weighted by Crippen LogP contribution is 2.26. The van der Waals surface area contributed by atoms with Crippen LogP contribution in [0.2, 0.25) is 0 Å². The Hall–Kier alpha value is -3.10. The smallest absolute Gasteiger partial charge is 0.250 e. The second-order valence-corrected chi connectivity index (χ2v) is 8.73. The minimum Gasteiger partial charge on any atom is -0.496 e. The molecule has 0 bridgehead atoms. The van der Waals surface area contributed by atoms with Crippen LogP contribution in [0.25, 0.3) is 11.0 Å². The first-order chi connectivity index (χ1) is 15.6. The maximum atomic E-state index is 12.3. The number of fused-ring (bicyclic) bond motifs is 1. The summed E-state index contributed by atoms with van der Waals surface area (Å²) in [4.78, 5) is 17.1. The Morgan fingerprint density at radius 1 is 1.16 bits per heavy atom. The number of rotatable bonds is 8. The van der Waals surface area contributed by atoms with Crippen LogP contribution in [0.15, 0.2) is 87.5 Å². The third-order valence-corrected chi connectivity index (χ3v) is 6.31. The van der Waals surface area contributed by atoms with E-state index in [1.165, 1.54) is 17.3 Å². The van der Waals surface area contributed by atoms with Crippen LogP contribution in [0.5, 0.6) is 5.75 Å². The van der Waals surface area contributed by atoms with E-state index in [0.717, 1.165) is 32.0 Å². The molecule has 6 nitrogen and oxygen atoms in total. The van der Waals surface area contributed by atoms with Gasteiger partial charge in [-0.3, -0.25) is 4.79 Å². The Balaban J connectivity index is 1.42. The lowest BCUT2D eigenvalue weighted by molar-refractivity contribution is -0.118. The molecule has 0 atom stereocenters. The Morgan fingerprint density at radius 2 is 1.94 bits per heavy atom. The van der Waals surface area contributed by atoms with Crippen molar-refractivity contribution < 1.29 is 9.53 Å². The van der Waals surface area contributed by atoms with Crippen molar-refractivity contribution in [1.82, 2.24) is 15.0 Å². The molecule has 3 aromatic carbocycles. The predicted molar refractivity (Wildman–Crippen MR) is 132 cm³/mol. The third kappa shape index (κ3) is 5.38. The van der Waals surface area contributed by atoms with E-state index in [2.05, 4.69) is 43.2 Å². The molecule has 8 heteroatoms. The third-order valence-electron chi connectivity index (χ3n) is 4.71. The van der Waals surface area contributed by atoms with Gasteiger partial charge in [-0.05, 0) is 57.4 Å². The number of hydrogen-bond acceptors (Lipinski definition) is 5. The van der Waals surface area contributed by atoms with Gasteiger partial charge in [0.25, 0.3) is 5.91 Å². The number of aromatic nitrogens is 2. The highest BCUT2D eigenvalue weighted by Gasteiger charge is 2.13. The summed E-state index contributed by atoms with van der Waals surface area (Å²) in [6.07, 6.45) is 1.59. The van der Waals surface area contributed by atoms with Crippen molar-refractivity contribution in [2.45, 2.75) is 11.7 Å². The molecule has 1 amide bonds. The molecule has 4 rings (SSSR count). The molecule has 0 unspecified atom stereocenters. The SMILES string of the molecule is COc1ccc(C=NNC(=O)CSc2nc3ccccc3n2Cc2ccccc2)cc1Br. The van der Waals surface area contributed by atoms with Crippen LogP contribution in [0.4, 0.5) is 0 Å². The molecule has 1 heterocycles. The van der Waals surface area contributed by atoms with Gasteiger partial charge in [0.1, 0.15) is 5.75 Å². The van der Waals surface area contributed by atoms with Crippen LogP contribution in [-0.2, 0) is 11.3 Å². The number of halogens is 1. The fraction of sp³-hybridized carbons (Fsp3) is 0.125. The molecule has 1 N–H and O–H groups in total. The van der Waals surface area contributed by atoms with E-state index >= 15 is 0 Å². The largest absolute Gasteiger partial charge is 0.496 e. The normalized spacial score (nSPS) is 11.2. The molecule has 0 saturated carbocycles. The maximum Gasteiger partial charge on any atom is 0.250 e. The van der Waals surface area contributed by atoms with Crippen LogP contribution in [-0.4, -0.2) is 34.5 Å². The van der Waals surface area contributed by atoms with Crippen LogP contribution in [0, 0.1) is 0 Å². The number of amides is 1. The summed E-state index contributed by atoms with van der Waals surface area (Å²) in [5.41, 5.74) is 6.55. The lowest BCUT2D eigenvalue weighted by Crippen LogP contribution is -2.20. The van der Waals surface area contributed by atoms with E-state index in [4.69, 9.17) is 9.72 Å². The van der Waals surface area contributed by atoms with Gasteiger partial charge in [-0.1, -0.05) is 54.2 Å². The number of benzene rings is 3. The number of imidazole rings is 1. The second-order valence-electron chi connectivity index (χ2n) is 6.93. The zero-order valence-electron chi connectivity index (χ0n) is 17.4. The van der Waals surface area contributed by atoms with Gasteiger partial charge in [-0.15, -0.1) is 0 Å². The average Bonchev–Trinajstić information content (AvgIpc) is 3.16. The minimum atomic E-state index is -0.197. The van der Waals surface area contributed by atoms with E-state index in [9.17, 15) is 4.79 Å². The zero-order chi connectivity index (χ0) is 22.3. The standard InChI is InChI=1S/C24H21BrN4O2S/c1-31-22-12-11-18(13-19(22)25)14-26-28-23(30)16-32-24-27-20-9-5-6-10-21(20)29(24)15-17-7-3-2-4-8-17/h2-14H,15-16H2,1H3,(H,28,30). The molecular formula is C24H21BrN4O2S. The summed E-state index contributed by atoms with van der Waals surface area (Å²) < 4.78 is 8.18. The number of para-hydroxylation sites is 2. The van der Waals surface area contributed by atoms with Gasteiger partial charge in [0.05, 0.1) is 41.1 Å². The summed E-state index contributed by atoms with van der Waals surface area (Å²) in [6.45, 7) is 0.690. The van der Waals surface area contributed by atoms with Gasteiger partial charge >= 0.3 is 0 Å². The first-order valence-corrected chi connectivity index (χ1v) is 11.7. The van der Waals surface area contributed by atoms with Gasteiger partial charge in [0.2, 0.25) is 0 Å². The lowest BCUT2D eigenvalue weighted by atomic mass is 10.2. The number of carbonyl (C=O) groups excluding carboxylic acids is 1. The molecule has 0 fully saturated rings. The molecule has 0 radical (unpaired) electrons. The zero-order valence-corrected chi connectivity index (χ0v) is 19.8. The van der Waals surface area contributed by atoms with Gasteiger partial charge < -0.3 is 9.30 Å². The quantitative estimate of drug-likeness (QED) is 0.204. The van der Waals surface area contributed by atoms with E-state index < -0.39 is 0 Å². The number of hydrazone groups is 1. The lowest BCUT2D eigenvalue weighted by Gasteiger charge is -2.09. The number of nitrogens with zero attached hydrogens (tertiary/aromatic N) is 3. The second kappa shape index (κ2) is 10.5. The minimum absolute atomic E-state index is 0.197. The summed E-state index contributed by atoms with van der Waals surface area (Å²) in [6, 6.07) is 23.8. The Morgan fingerprint density at radius 3 is 2.72 bits per heavy atom. The Bertz CT molecular complexity index is 1260. The van der Waals surface area contributed by atoms with Crippen molar-refractivity contribution in [2.75, 3.05) is 12.9 Å². The molecule has 0 saturated heterocycles. The van der Waals surface area contributed by atoms with Gasteiger partial charge in [-0.25, -0.2) is 10.4 Å². The molecule has 32 heavy (non-hydrogen) atoms. The van der Waals surface area contributed by atoms with E-state index in [1.807, 2.05) is 60.7 Å². The van der Waals surface area contributed by atoms with Crippen LogP contribution < -0.4 is 10.2 Å². The first-order valence-electron chi connectivity index (χ1n) is 9.91. The predicted octanol–water partition coefficient (Wildman–Crippen LogP) is 5.10. The fourth-order valence-corrected chi connectivity index (χ4v) is 4.55. The fourth-order valence-electron chi connectivity index (χ4n) is 3.19. The molecule has 162 valence electrons. The number of thioether (sulfide) groups is 1. The Labute approximate surface area is 198 Å². The van der Waals surface area contributed by atoms with Crippen molar-refractivity contribution in [3.63, 3.8) is 0 Å². The number of ether oxygens (including phenoxy) is 1. The van der Waals surface area contributed by atoms with Crippen molar-refractivity contribution in [2.24, 2.45) is 5.10 Å².